The van der Waals surface area contributed by atoms with Crippen LogP contribution < -0.4 is 5.73 Å². The van der Waals surface area contributed by atoms with Crippen LogP contribution in [0.5, 0.6) is 0 Å². The van der Waals surface area contributed by atoms with Crippen molar-refractivity contribution in [3.8, 4) is 0 Å². The Balaban J connectivity index is 2.19. The molecule has 3 atom stereocenters. The minimum absolute atomic E-state index is 0.0761. The van der Waals surface area contributed by atoms with E-state index in [-0.39, 0.29) is 12.0 Å². The molecule has 100 valence electrons. The molecule has 0 aromatic rings. The number of hydrogen-bond donors (Lipinski definition) is 1. The minimum atomic E-state index is -0.135. The van der Waals surface area contributed by atoms with Gasteiger partial charge in [0.1, 0.15) is 0 Å². The normalized spacial score (nSPS) is 26.9. The van der Waals surface area contributed by atoms with Crippen molar-refractivity contribution >= 4 is 5.97 Å². The summed E-state index contributed by atoms with van der Waals surface area (Å²) in [5, 5.41) is 0. The van der Waals surface area contributed by atoms with Gasteiger partial charge in [0.05, 0.1) is 13.0 Å². The third-order valence-electron chi connectivity index (χ3n) is 3.78. The molecule has 0 aliphatic heterocycles. The average molecular weight is 241 g/mol. The number of hydrogen-bond acceptors (Lipinski definition) is 3. The molecule has 17 heavy (non-hydrogen) atoms. The van der Waals surface area contributed by atoms with Crippen LogP contribution >= 0.6 is 0 Å². The van der Waals surface area contributed by atoms with Gasteiger partial charge in [0.25, 0.3) is 0 Å². The Labute approximate surface area is 105 Å². The quantitative estimate of drug-likeness (QED) is 0.753. The summed E-state index contributed by atoms with van der Waals surface area (Å²) in [6.07, 6.45) is 5.34. The zero-order valence-electron chi connectivity index (χ0n) is 11.4. The summed E-state index contributed by atoms with van der Waals surface area (Å²) in [6.45, 7) is 6.93. The second kappa shape index (κ2) is 7.00. The van der Waals surface area contributed by atoms with E-state index in [0.29, 0.717) is 24.9 Å². The van der Waals surface area contributed by atoms with Gasteiger partial charge in [-0.15, -0.1) is 0 Å². The Hall–Kier alpha value is -0.570. The van der Waals surface area contributed by atoms with Gasteiger partial charge in [-0.3, -0.25) is 4.79 Å². The molecule has 3 unspecified atom stereocenters. The Morgan fingerprint density at radius 1 is 1.41 bits per heavy atom. The molecule has 0 aromatic carbocycles. The van der Waals surface area contributed by atoms with Crippen LogP contribution in [-0.2, 0) is 9.53 Å². The number of rotatable bonds is 5. The van der Waals surface area contributed by atoms with Gasteiger partial charge in [-0.25, -0.2) is 0 Å². The van der Waals surface area contributed by atoms with Gasteiger partial charge in [-0.05, 0) is 30.6 Å². The largest absolute Gasteiger partial charge is 0.465 e. The van der Waals surface area contributed by atoms with Crippen molar-refractivity contribution in [1.29, 1.82) is 0 Å². The molecule has 1 rings (SSSR count). The third kappa shape index (κ3) is 5.53. The van der Waals surface area contributed by atoms with E-state index >= 15 is 0 Å². The van der Waals surface area contributed by atoms with Crippen LogP contribution in [0.1, 0.15) is 52.9 Å². The Kier molecular flexibility index (Phi) is 5.96. The highest BCUT2D eigenvalue weighted by atomic mass is 16.5. The first-order chi connectivity index (χ1) is 7.99. The topological polar surface area (TPSA) is 52.3 Å². The predicted octanol–water partition coefficient (Wildman–Crippen LogP) is 2.73. The van der Waals surface area contributed by atoms with Crippen molar-refractivity contribution in [1.82, 2.24) is 0 Å². The summed E-state index contributed by atoms with van der Waals surface area (Å²) in [5.74, 6) is 1.55. The van der Waals surface area contributed by atoms with Gasteiger partial charge >= 0.3 is 5.97 Å². The second-order valence-electron chi connectivity index (χ2n) is 5.93. The lowest BCUT2D eigenvalue weighted by atomic mass is 9.83. The van der Waals surface area contributed by atoms with E-state index in [1.165, 1.54) is 25.7 Å². The maximum Gasteiger partial charge on any atom is 0.307 e. The fourth-order valence-electron chi connectivity index (χ4n) is 2.41. The monoisotopic (exact) mass is 241 g/mol. The van der Waals surface area contributed by atoms with E-state index in [9.17, 15) is 4.79 Å². The Morgan fingerprint density at radius 2 is 2.12 bits per heavy atom. The van der Waals surface area contributed by atoms with Gasteiger partial charge in [0.15, 0.2) is 0 Å². The van der Waals surface area contributed by atoms with Crippen LogP contribution in [0, 0.1) is 17.8 Å². The van der Waals surface area contributed by atoms with E-state index in [4.69, 9.17) is 10.5 Å². The van der Waals surface area contributed by atoms with Gasteiger partial charge in [-0.1, -0.05) is 33.6 Å². The SMILES string of the molecule is CC1CCCC(COC(=O)CC(N)C(C)C)C1. The fourth-order valence-corrected chi connectivity index (χ4v) is 2.41. The standard InChI is InChI=1S/C14H27NO2/c1-10(2)13(15)8-14(16)17-9-12-6-4-5-11(3)7-12/h10-13H,4-9,15H2,1-3H3. The Bertz CT molecular complexity index is 240. The van der Waals surface area contributed by atoms with Crippen LogP contribution in [0.15, 0.2) is 0 Å². The van der Waals surface area contributed by atoms with E-state index in [2.05, 4.69) is 6.92 Å². The molecule has 0 aromatic heterocycles. The minimum Gasteiger partial charge on any atom is -0.465 e. The molecule has 3 heteroatoms. The third-order valence-corrected chi connectivity index (χ3v) is 3.78. The number of carbonyl (C=O) groups excluding carboxylic acids is 1. The fraction of sp³-hybridized carbons (Fsp3) is 0.929. The van der Waals surface area contributed by atoms with E-state index in [0.717, 1.165) is 5.92 Å². The molecule has 3 nitrogen and oxygen atoms in total. The van der Waals surface area contributed by atoms with Gasteiger partial charge in [-0.2, -0.15) is 0 Å². The lowest BCUT2D eigenvalue weighted by molar-refractivity contribution is -0.146. The summed E-state index contributed by atoms with van der Waals surface area (Å²) in [6, 6.07) is -0.0761. The van der Waals surface area contributed by atoms with Crippen molar-refractivity contribution in [3.63, 3.8) is 0 Å². The highest BCUT2D eigenvalue weighted by Gasteiger charge is 2.21. The maximum absolute atomic E-state index is 11.6. The maximum atomic E-state index is 11.6. The molecule has 1 fully saturated rings. The molecular weight excluding hydrogens is 214 g/mol. The average Bonchev–Trinajstić information content (AvgIpc) is 2.26. The zero-order valence-corrected chi connectivity index (χ0v) is 11.4. The summed E-state index contributed by atoms with van der Waals surface area (Å²) >= 11 is 0. The molecule has 0 bridgehead atoms. The molecule has 1 aliphatic carbocycles. The number of esters is 1. The van der Waals surface area contributed by atoms with Crippen molar-refractivity contribution in [2.24, 2.45) is 23.5 Å². The van der Waals surface area contributed by atoms with Gasteiger partial charge in [0, 0.05) is 6.04 Å². The number of carbonyl (C=O) groups is 1. The second-order valence-corrected chi connectivity index (χ2v) is 5.93. The molecule has 2 N–H and O–H groups in total. The van der Waals surface area contributed by atoms with Crippen LogP contribution in [0.2, 0.25) is 0 Å². The van der Waals surface area contributed by atoms with E-state index in [1.807, 2.05) is 13.8 Å². The molecule has 0 spiro atoms. The van der Waals surface area contributed by atoms with Crippen molar-refractivity contribution in [2.75, 3.05) is 6.61 Å². The first-order valence-electron chi connectivity index (χ1n) is 6.90. The van der Waals surface area contributed by atoms with Crippen LogP contribution in [-0.4, -0.2) is 18.6 Å². The molecule has 1 aliphatic rings. The summed E-state index contributed by atoms with van der Waals surface area (Å²) in [7, 11) is 0. The molecule has 0 heterocycles. The predicted molar refractivity (Wildman–Crippen MR) is 69.5 cm³/mol. The molecule has 0 amide bonds. The first kappa shape index (κ1) is 14.5. The van der Waals surface area contributed by atoms with Crippen LogP contribution in [0.25, 0.3) is 0 Å². The van der Waals surface area contributed by atoms with Crippen molar-refractivity contribution in [3.05, 3.63) is 0 Å². The number of nitrogens with two attached hydrogens (primary N) is 1. The number of ether oxygens (including phenoxy) is 1. The molecule has 1 saturated carbocycles. The zero-order chi connectivity index (χ0) is 12.8. The summed E-state index contributed by atoms with van der Waals surface area (Å²) < 4.78 is 5.33. The van der Waals surface area contributed by atoms with Crippen LogP contribution in [0.3, 0.4) is 0 Å². The smallest absolute Gasteiger partial charge is 0.307 e. The van der Waals surface area contributed by atoms with E-state index in [1.54, 1.807) is 0 Å². The Morgan fingerprint density at radius 3 is 2.71 bits per heavy atom. The highest BCUT2D eigenvalue weighted by molar-refractivity contribution is 5.70. The highest BCUT2D eigenvalue weighted by Crippen LogP contribution is 2.28. The summed E-state index contributed by atoms with van der Waals surface area (Å²) in [4.78, 5) is 11.6. The molecule has 0 radical (unpaired) electrons. The van der Waals surface area contributed by atoms with E-state index < -0.39 is 0 Å². The lowest BCUT2D eigenvalue weighted by Crippen LogP contribution is -2.31. The van der Waals surface area contributed by atoms with Gasteiger partial charge < -0.3 is 10.5 Å². The van der Waals surface area contributed by atoms with Crippen LogP contribution in [0.4, 0.5) is 0 Å². The van der Waals surface area contributed by atoms with Gasteiger partial charge in [0.2, 0.25) is 0 Å². The van der Waals surface area contributed by atoms with Crippen molar-refractivity contribution in [2.45, 2.75) is 58.9 Å². The molecular formula is C14H27NO2. The lowest BCUT2D eigenvalue weighted by Gasteiger charge is -2.26. The summed E-state index contributed by atoms with van der Waals surface area (Å²) in [5.41, 5.74) is 5.85. The first-order valence-corrected chi connectivity index (χ1v) is 6.90. The van der Waals surface area contributed by atoms with Crippen molar-refractivity contribution < 1.29 is 9.53 Å². The molecule has 0 saturated heterocycles.